The Morgan fingerprint density at radius 2 is 1.82 bits per heavy atom. The van der Waals surface area contributed by atoms with Crippen molar-refractivity contribution in [2.45, 2.75) is 6.42 Å². The van der Waals surface area contributed by atoms with Crippen molar-refractivity contribution in [1.82, 2.24) is 0 Å². The summed E-state index contributed by atoms with van der Waals surface area (Å²) in [6.07, 6.45) is 0.494. The molecule has 2 N–H and O–H groups in total. The van der Waals surface area contributed by atoms with E-state index in [1.807, 2.05) is 18.2 Å². The van der Waals surface area contributed by atoms with E-state index in [2.05, 4.69) is 4.99 Å². The highest BCUT2D eigenvalue weighted by atomic mass is 35.5. The highest BCUT2D eigenvalue weighted by Crippen LogP contribution is 2.22. The number of nitrogens with zero attached hydrogens (tertiary/aromatic N) is 1. The number of para-hydroxylation sites is 1. The summed E-state index contributed by atoms with van der Waals surface area (Å²) in [4.78, 5) is 4.49. The van der Waals surface area contributed by atoms with Crippen LogP contribution in [-0.2, 0) is 11.1 Å². The van der Waals surface area contributed by atoms with Gasteiger partial charge in [-0.1, -0.05) is 35.9 Å². The molecule has 1 atom stereocenters. The summed E-state index contributed by atoms with van der Waals surface area (Å²) in [5.41, 5.74) is 2.09. The lowest BCUT2D eigenvalue weighted by atomic mass is 10.0. The van der Waals surface area contributed by atoms with E-state index in [0.29, 0.717) is 29.3 Å². The third-order valence-electron chi connectivity index (χ3n) is 3.02. The van der Waals surface area contributed by atoms with Gasteiger partial charge in [-0.15, -0.1) is 0 Å². The van der Waals surface area contributed by atoms with Gasteiger partial charge in [0.05, 0.1) is 11.5 Å². The van der Waals surface area contributed by atoms with Crippen molar-refractivity contribution < 1.29 is 13.9 Å². The van der Waals surface area contributed by atoms with Crippen molar-refractivity contribution in [2.75, 3.05) is 12.3 Å². The molecule has 6 heteroatoms. The first-order valence-electron chi connectivity index (χ1n) is 6.74. The molecule has 4 nitrogen and oxygen atoms in total. The van der Waals surface area contributed by atoms with Crippen molar-refractivity contribution in [2.24, 2.45) is 4.99 Å². The number of halogens is 1. The smallest absolute Gasteiger partial charge is 0.152 e. The highest BCUT2D eigenvalue weighted by Gasteiger charge is 2.11. The molecule has 0 fully saturated rings. The molecule has 0 saturated carbocycles. The Labute approximate surface area is 136 Å². The average Bonchev–Trinajstić information content (AvgIpc) is 2.49. The number of aromatic hydroxyl groups is 1. The number of aliphatic imine (C=N–C) groups is 1. The van der Waals surface area contributed by atoms with Crippen LogP contribution in [0.4, 0.5) is 0 Å². The molecule has 0 aromatic heterocycles. The van der Waals surface area contributed by atoms with Gasteiger partial charge in [0.2, 0.25) is 0 Å². The van der Waals surface area contributed by atoms with Crippen LogP contribution in [0, 0.1) is 0 Å². The summed E-state index contributed by atoms with van der Waals surface area (Å²) in [5.74, 6) is 0.319. The van der Waals surface area contributed by atoms with Crippen LogP contribution in [0.15, 0.2) is 53.5 Å². The fraction of sp³-hybridized carbons (Fsp3) is 0.188. The first-order valence-corrected chi connectivity index (χ1v) is 8.39. The Kier molecular flexibility index (Phi) is 6.12. The summed E-state index contributed by atoms with van der Waals surface area (Å²) in [5, 5.41) is 10.7. The van der Waals surface area contributed by atoms with Gasteiger partial charge in [-0.2, -0.15) is 0 Å². The predicted molar refractivity (Wildman–Crippen MR) is 90.3 cm³/mol. The number of rotatable bonds is 6. The zero-order valence-electron chi connectivity index (χ0n) is 11.8. The lowest BCUT2D eigenvalue weighted by Crippen LogP contribution is -2.06. The molecule has 0 saturated heterocycles. The van der Waals surface area contributed by atoms with Gasteiger partial charge in [0.15, 0.2) is 11.1 Å². The summed E-state index contributed by atoms with van der Waals surface area (Å²) in [6.45, 7) is 0.401. The van der Waals surface area contributed by atoms with E-state index in [4.69, 9.17) is 16.2 Å². The van der Waals surface area contributed by atoms with Crippen LogP contribution in [-0.4, -0.2) is 31.9 Å². The molecular formula is C16H16ClNO3S. The van der Waals surface area contributed by atoms with E-state index in [0.717, 1.165) is 5.56 Å². The molecule has 0 aliphatic carbocycles. The Morgan fingerprint density at radius 1 is 1.14 bits per heavy atom. The monoisotopic (exact) mass is 337 g/mol. The second-order valence-corrected chi connectivity index (χ2v) is 6.12. The third-order valence-corrected chi connectivity index (χ3v) is 3.91. The first kappa shape index (κ1) is 16.7. The molecule has 2 aromatic carbocycles. The first-order chi connectivity index (χ1) is 10.6. The van der Waals surface area contributed by atoms with Crippen molar-refractivity contribution in [3.63, 3.8) is 0 Å². The van der Waals surface area contributed by atoms with Crippen molar-refractivity contribution in [3.8, 4) is 5.75 Å². The molecule has 0 aliphatic rings. The quantitative estimate of drug-likeness (QED) is 0.481. The molecule has 116 valence electrons. The van der Waals surface area contributed by atoms with Gasteiger partial charge in [-0.05, 0) is 30.7 Å². The number of hydrogen-bond acceptors (Lipinski definition) is 3. The Bertz CT molecular complexity index is 686. The molecule has 2 aromatic rings. The second kappa shape index (κ2) is 8.08. The molecule has 0 amide bonds. The summed E-state index contributed by atoms with van der Waals surface area (Å²) in [6, 6.07) is 14.1. The lowest BCUT2D eigenvalue weighted by molar-refractivity contribution is 0.474. The maximum absolute atomic E-state index is 10.7. The SMILES string of the molecule is O=S(O)CCCN=C(c1ccc(Cl)cc1)c1ccccc1O. The minimum atomic E-state index is -1.81. The van der Waals surface area contributed by atoms with E-state index in [-0.39, 0.29) is 11.5 Å². The summed E-state index contributed by atoms with van der Waals surface area (Å²) < 4.78 is 19.5. The maximum atomic E-state index is 10.7. The third kappa shape index (κ3) is 4.66. The molecule has 0 heterocycles. The molecular weight excluding hydrogens is 322 g/mol. The van der Waals surface area contributed by atoms with E-state index in [9.17, 15) is 9.32 Å². The van der Waals surface area contributed by atoms with Gasteiger partial charge in [0.25, 0.3) is 0 Å². The van der Waals surface area contributed by atoms with Crippen LogP contribution < -0.4 is 0 Å². The van der Waals surface area contributed by atoms with E-state index in [1.54, 1.807) is 30.3 Å². The topological polar surface area (TPSA) is 69.9 Å². The van der Waals surface area contributed by atoms with Crippen LogP contribution >= 0.6 is 11.6 Å². The van der Waals surface area contributed by atoms with Gasteiger partial charge in [0, 0.05) is 22.7 Å². The molecule has 22 heavy (non-hydrogen) atoms. The minimum absolute atomic E-state index is 0.141. The van der Waals surface area contributed by atoms with Gasteiger partial charge in [-0.25, -0.2) is 4.21 Å². The standard InChI is InChI=1S/C16H16ClNO3S/c17-13-8-6-12(7-9-13)16(18-10-3-11-22(20)21)14-4-1-2-5-15(14)19/h1-2,4-9,19H,3,10-11H2,(H,20,21). The number of hydrogen-bond donors (Lipinski definition) is 2. The Hall–Kier alpha value is -1.69. The van der Waals surface area contributed by atoms with E-state index in [1.165, 1.54) is 0 Å². The number of phenols is 1. The van der Waals surface area contributed by atoms with Crippen LogP contribution in [0.2, 0.25) is 5.02 Å². The summed E-state index contributed by atoms with van der Waals surface area (Å²) >= 11 is 4.09. The average molecular weight is 338 g/mol. The highest BCUT2D eigenvalue weighted by molar-refractivity contribution is 7.79. The molecule has 0 radical (unpaired) electrons. The zero-order chi connectivity index (χ0) is 15.9. The molecule has 0 bridgehead atoms. The van der Waals surface area contributed by atoms with Crippen LogP contribution in [0.1, 0.15) is 17.5 Å². The fourth-order valence-corrected chi connectivity index (χ4v) is 2.49. The number of benzene rings is 2. The molecule has 1 unspecified atom stereocenters. The lowest BCUT2D eigenvalue weighted by Gasteiger charge is -2.09. The molecule has 0 aliphatic heterocycles. The van der Waals surface area contributed by atoms with Crippen molar-refractivity contribution >= 4 is 28.4 Å². The minimum Gasteiger partial charge on any atom is -0.507 e. The van der Waals surface area contributed by atoms with E-state index >= 15 is 0 Å². The Balaban J connectivity index is 2.32. The van der Waals surface area contributed by atoms with Gasteiger partial charge in [-0.3, -0.25) is 4.99 Å². The van der Waals surface area contributed by atoms with Crippen LogP contribution in [0.25, 0.3) is 0 Å². The van der Waals surface area contributed by atoms with Crippen LogP contribution in [0.3, 0.4) is 0 Å². The van der Waals surface area contributed by atoms with Crippen molar-refractivity contribution in [1.29, 1.82) is 0 Å². The summed E-state index contributed by atoms with van der Waals surface area (Å²) in [7, 11) is 0. The molecule has 0 spiro atoms. The van der Waals surface area contributed by atoms with Crippen molar-refractivity contribution in [3.05, 3.63) is 64.7 Å². The predicted octanol–water partition coefficient (Wildman–Crippen LogP) is 3.49. The largest absolute Gasteiger partial charge is 0.507 e. The molecule has 2 rings (SSSR count). The second-order valence-electron chi connectivity index (χ2n) is 4.63. The van der Waals surface area contributed by atoms with E-state index < -0.39 is 11.1 Å². The Morgan fingerprint density at radius 3 is 2.45 bits per heavy atom. The van der Waals surface area contributed by atoms with Crippen LogP contribution in [0.5, 0.6) is 5.75 Å². The van der Waals surface area contributed by atoms with Gasteiger partial charge in [0.1, 0.15) is 5.75 Å². The normalized spacial score (nSPS) is 13.1. The van der Waals surface area contributed by atoms with Gasteiger partial charge < -0.3 is 9.66 Å². The fourth-order valence-electron chi connectivity index (χ4n) is 1.99. The number of phenolic OH excluding ortho intramolecular Hbond substituents is 1. The van der Waals surface area contributed by atoms with Gasteiger partial charge >= 0.3 is 0 Å². The zero-order valence-corrected chi connectivity index (χ0v) is 13.3. The maximum Gasteiger partial charge on any atom is 0.152 e.